The highest BCUT2D eigenvalue weighted by molar-refractivity contribution is 5.61. The Kier molecular flexibility index (Phi) is 5.97. The molecule has 0 aromatic carbocycles. The molecule has 0 saturated carbocycles. The van der Waals surface area contributed by atoms with Gasteiger partial charge in [-0.05, 0) is 26.7 Å². The first-order chi connectivity index (χ1) is 4.81. The van der Waals surface area contributed by atoms with E-state index in [4.69, 9.17) is 0 Å². The summed E-state index contributed by atoms with van der Waals surface area (Å²) in [4.78, 5) is 9.61. The van der Waals surface area contributed by atoms with Crippen molar-refractivity contribution in [3.05, 3.63) is 0 Å². The Morgan fingerprint density at radius 1 is 1.60 bits per heavy atom. The van der Waals surface area contributed by atoms with Crippen LogP contribution in [0.1, 0.15) is 13.3 Å². The van der Waals surface area contributed by atoms with E-state index in [1.54, 1.807) is 0 Å². The van der Waals surface area contributed by atoms with E-state index in [0.717, 1.165) is 13.0 Å². The molecule has 0 saturated heterocycles. The average Bonchev–Trinajstić information content (AvgIpc) is 1.89. The second-order valence-electron chi connectivity index (χ2n) is 2.20. The molecule has 0 spiro atoms. The normalized spacial score (nSPS) is 11.1. The second kappa shape index (κ2) is 6.42. The number of rotatable bonds is 5. The highest BCUT2D eigenvalue weighted by Crippen LogP contribution is 1.84. The minimum atomic E-state index is 0.715. The van der Waals surface area contributed by atoms with E-state index in [0.29, 0.717) is 6.67 Å². The molecule has 10 heavy (non-hydrogen) atoms. The van der Waals surface area contributed by atoms with Crippen molar-refractivity contribution >= 4 is 13.1 Å². The van der Waals surface area contributed by atoms with Crippen LogP contribution >= 0.6 is 0 Å². The molecule has 0 aliphatic carbocycles. The maximum Gasteiger partial charge on any atom is 0.110 e. The quantitative estimate of drug-likeness (QED) is 0.415. The SMILES string of the molecule is C=NC=NCN(C)CCC. The van der Waals surface area contributed by atoms with Gasteiger partial charge in [0.15, 0.2) is 0 Å². The van der Waals surface area contributed by atoms with Gasteiger partial charge in [0.2, 0.25) is 0 Å². The van der Waals surface area contributed by atoms with Gasteiger partial charge in [-0.1, -0.05) is 6.92 Å². The van der Waals surface area contributed by atoms with Crippen LogP contribution < -0.4 is 0 Å². The van der Waals surface area contributed by atoms with Crippen LogP contribution in [0.3, 0.4) is 0 Å². The first-order valence-corrected chi connectivity index (χ1v) is 3.44. The fraction of sp³-hybridized carbons (Fsp3) is 0.714. The molecule has 0 fully saturated rings. The Labute approximate surface area is 62.5 Å². The number of aliphatic imine (C=N–C) groups is 2. The number of hydrogen-bond acceptors (Lipinski definition) is 2. The molecule has 0 amide bonds. The Hall–Kier alpha value is -0.700. The predicted molar refractivity (Wildman–Crippen MR) is 45.8 cm³/mol. The van der Waals surface area contributed by atoms with Crippen molar-refractivity contribution in [3.63, 3.8) is 0 Å². The van der Waals surface area contributed by atoms with Crippen LogP contribution in [0.4, 0.5) is 0 Å². The Morgan fingerprint density at radius 3 is 2.80 bits per heavy atom. The fourth-order valence-electron chi connectivity index (χ4n) is 0.686. The molecule has 0 aliphatic heterocycles. The van der Waals surface area contributed by atoms with Crippen molar-refractivity contribution < 1.29 is 0 Å². The Morgan fingerprint density at radius 2 is 2.30 bits per heavy atom. The van der Waals surface area contributed by atoms with Gasteiger partial charge in [-0.15, -0.1) is 0 Å². The summed E-state index contributed by atoms with van der Waals surface area (Å²) in [6.07, 6.45) is 2.64. The molecule has 58 valence electrons. The van der Waals surface area contributed by atoms with E-state index in [1.165, 1.54) is 6.34 Å². The summed E-state index contributed by atoms with van der Waals surface area (Å²) in [6.45, 7) is 7.22. The average molecular weight is 141 g/mol. The third kappa shape index (κ3) is 5.44. The zero-order chi connectivity index (χ0) is 7.82. The van der Waals surface area contributed by atoms with E-state index in [2.05, 4.69) is 28.5 Å². The van der Waals surface area contributed by atoms with E-state index in [-0.39, 0.29) is 0 Å². The third-order valence-electron chi connectivity index (χ3n) is 1.09. The molecule has 0 rings (SSSR count). The van der Waals surface area contributed by atoms with Crippen LogP contribution in [0.5, 0.6) is 0 Å². The molecule has 0 radical (unpaired) electrons. The zero-order valence-corrected chi connectivity index (χ0v) is 6.75. The van der Waals surface area contributed by atoms with Crippen LogP contribution in [0, 0.1) is 0 Å². The standard InChI is InChI=1S/C7H15N3/c1-4-5-10(3)7-9-6-8-2/h6H,2,4-5,7H2,1,3H3. The Bertz CT molecular complexity index is 109. The second-order valence-corrected chi connectivity index (χ2v) is 2.20. The van der Waals surface area contributed by atoms with E-state index < -0.39 is 0 Å². The number of nitrogens with zero attached hydrogens (tertiary/aromatic N) is 3. The largest absolute Gasteiger partial charge is 0.288 e. The van der Waals surface area contributed by atoms with E-state index >= 15 is 0 Å². The maximum absolute atomic E-state index is 3.98. The van der Waals surface area contributed by atoms with Crippen LogP contribution in [-0.2, 0) is 0 Å². The van der Waals surface area contributed by atoms with Gasteiger partial charge in [-0.25, -0.2) is 0 Å². The van der Waals surface area contributed by atoms with E-state index in [1.807, 2.05) is 7.05 Å². The van der Waals surface area contributed by atoms with Gasteiger partial charge >= 0.3 is 0 Å². The third-order valence-corrected chi connectivity index (χ3v) is 1.09. The lowest BCUT2D eigenvalue weighted by Gasteiger charge is -2.10. The maximum atomic E-state index is 3.98. The topological polar surface area (TPSA) is 28.0 Å². The van der Waals surface area contributed by atoms with Crippen molar-refractivity contribution in [2.45, 2.75) is 13.3 Å². The molecule has 0 bridgehead atoms. The molecule has 0 aliphatic rings. The van der Waals surface area contributed by atoms with Crippen molar-refractivity contribution in [3.8, 4) is 0 Å². The molecule has 0 aromatic rings. The van der Waals surface area contributed by atoms with Crippen LogP contribution in [-0.4, -0.2) is 38.2 Å². The molecule has 0 atom stereocenters. The molecule has 3 nitrogen and oxygen atoms in total. The summed E-state index contributed by atoms with van der Waals surface area (Å²) in [5, 5.41) is 0. The number of hydrogen-bond donors (Lipinski definition) is 0. The lowest BCUT2D eigenvalue weighted by atomic mass is 10.5. The summed E-state index contributed by atoms with van der Waals surface area (Å²) in [6, 6.07) is 0. The first kappa shape index (κ1) is 9.30. The van der Waals surface area contributed by atoms with Crippen LogP contribution in [0.15, 0.2) is 9.98 Å². The smallest absolute Gasteiger partial charge is 0.110 e. The van der Waals surface area contributed by atoms with Gasteiger partial charge in [-0.3, -0.25) is 14.9 Å². The minimum Gasteiger partial charge on any atom is -0.288 e. The molecule has 0 aromatic heterocycles. The summed E-state index contributed by atoms with van der Waals surface area (Å²) in [5.41, 5.74) is 0. The molecular weight excluding hydrogens is 126 g/mol. The monoisotopic (exact) mass is 141 g/mol. The van der Waals surface area contributed by atoms with Crippen LogP contribution in [0.25, 0.3) is 0 Å². The lowest BCUT2D eigenvalue weighted by molar-refractivity contribution is 0.347. The first-order valence-electron chi connectivity index (χ1n) is 3.44. The highest BCUT2D eigenvalue weighted by atomic mass is 15.2. The van der Waals surface area contributed by atoms with Crippen molar-refractivity contribution in [2.75, 3.05) is 20.3 Å². The van der Waals surface area contributed by atoms with E-state index in [9.17, 15) is 0 Å². The molecule has 0 heterocycles. The molecular formula is C7H15N3. The summed E-state index contributed by atoms with van der Waals surface area (Å²) >= 11 is 0. The van der Waals surface area contributed by atoms with Gasteiger partial charge in [0, 0.05) is 0 Å². The fourth-order valence-corrected chi connectivity index (χ4v) is 0.686. The lowest BCUT2D eigenvalue weighted by Crippen LogP contribution is -2.18. The van der Waals surface area contributed by atoms with Gasteiger partial charge in [0.25, 0.3) is 0 Å². The summed E-state index contributed by atoms with van der Waals surface area (Å²) in [7, 11) is 2.03. The summed E-state index contributed by atoms with van der Waals surface area (Å²) in [5.74, 6) is 0. The highest BCUT2D eigenvalue weighted by Gasteiger charge is 1.90. The van der Waals surface area contributed by atoms with Gasteiger partial charge in [0.05, 0.1) is 6.67 Å². The predicted octanol–water partition coefficient (Wildman–Crippen LogP) is 1.01. The molecule has 0 N–H and O–H groups in total. The Balaban J connectivity index is 3.28. The molecule has 0 unspecified atom stereocenters. The van der Waals surface area contributed by atoms with Crippen molar-refractivity contribution in [1.82, 2.24) is 4.90 Å². The summed E-state index contributed by atoms with van der Waals surface area (Å²) < 4.78 is 0. The van der Waals surface area contributed by atoms with Crippen molar-refractivity contribution in [2.24, 2.45) is 9.98 Å². The van der Waals surface area contributed by atoms with Gasteiger partial charge < -0.3 is 0 Å². The van der Waals surface area contributed by atoms with Gasteiger partial charge in [-0.2, -0.15) is 0 Å². The van der Waals surface area contributed by atoms with Crippen LogP contribution in [0.2, 0.25) is 0 Å². The van der Waals surface area contributed by atoms with Crippen molar-refractivity contribution in [1.29, 1.82) is 0 Å². The molecule has 3 heteroatoms. The van der Waals surface area contributed by atoms with Gasteiger partial charge in [0.1, 0.15) is 6.34 Å². The zero-order valence-electron chi connectivity index (χ0n) is 6.75. The minimum absolute atomic E-state index is 0.715.